The van der Waals surface area contributed by atoms with Gasteiger partial charge in [0.15, 0.2) is 0 Å². The largest absolute Gasteiger partial charge is 0.487 e. The predicted octanol–water partition coefficient (Wildman–Crippen LogP) is 4.95. The number of amides is 2. The van der Waals surface area contributed by atoms with Crippen molar-refractivity contribution in [1.82, 2.24) is 10.2 Å². The van der Waals surface area contributed by atoms with E-state index in [1.165, 1.54) is 0 Å². The average molecular weight is 402 g/mol. The van der Waals surface area contributed by atoms with E-state index in [-0.39, 0.29) is 17.7 Å². The maximum absolute atomic E-state index is 13.0. The lowest BCUT2D eigenvalue weighted by atomic mass is 9.80. The molecule has 1 atom stereocenters. The maximum Gasteiger partial charge on any atom is 0.319 e. The van der Waals surface area contributed by atoms with Crippen molar-refractivity contribution in [2.45, 2.75) is 30.9 Å². The van der Waals surface area contributed by atoms with E-state index in [2.05, 4.69) is 40.8 Å². The quantitative estimate of drug-likeness (QED) is 0.639. The Morgan fingerprint density at radius 3 is 2.60 bits per heavy atom. The molecule has 3 aromatic rings. The van der Waals surface area contributed by atoms with E-state index in [1.807, 2.05) is 48.5 Å². The van der Waals surface area contributed by atoms with Gasteiger partial charge in [0.05, 0.1) is 11.7 Å². The lowest BCUT2D eigenvalue weighted by Gasteiger charge is -2.46. The molecule has 0 aliphatic carbocycles. The Morgan fingerprint density at radius 2 is 1.73 bits per heavy atom. The normalized spacial score (nSPS) is 20.4. The highest BCUT2D eigenvalue weighted by Crippen LogP contribution is 2.44. The highest BCUT2D eigenvalue weighted by Gasteiger charge is 2.43. The van der Waals surface area contributed by atoms with Crippen LogP contribution in [0.5, 0.6) is 5.75 Å². The van der Waals surface area contributed by atoms with Crippen molar-refractivity contribution in [2.24, 2.45) is 0 Å². The molecule has 2 amide bonds. The van der Waals surface area contributed by atoms with Gasteiger partial charge in [0, 0.05) is 30.5 Å². The first-order valence-corrected chi connectivity index (χ1v) is 10.6. The zero-order valence-corrected chi connectivity index (χ0v) is 17.2. The molecule has 1 saturated heterocycles. The number of likely N-dealkylation sites (tertiary alicyclic amines) is 1. The molecular weight excluding hydrogens is 374 g/mol. The van der Waals surface area contributed by atoms with Crippen molar-refractivity contribution in [3.05, 3.63) is 72.3 Å². The van der Waals surface area contributed by atoms with Crippen LogP contribution in [0.2, 0.25) is 0 Å². The van der Waals surface area contributed by atoms with Crippen molar-refractivity contribution in [1.29, 1.82) is 0 Å². The van der Waals surface area contributed by atoms with Gasteiger partial charge in [-0.1, -0.05) is 54.6 Å². The van der Waals surface area contributed by atoms with Gasteiger partial charge >= 0.3 is 6.03 Å². The third-order valence-electron chi connectivity index (χ3n) is 6.44. The number of rotatable bonds is 2. The predicted molar refractivity (Wildman–Crippen MR) is 120 cm³/mol. The summed E-state index contributed by atoms with van der Waals surface area (Å²) in [6.45, 7) is 2.02. The van der Waals surface area contributed by atoms with E-state index < -0.39 is 0 Å². The van der Waals surface area contributed by atoms with Crippen molar-refractivity contribution in [2.75, 3.05) is 25.5 Å². The third-order valence-corrected chi connectivity index (χ3v) is 6.44. The number of fused-ring (bicyclic) bond motifs is 2. The van der Waals surface area contributed by atoms with Crippen LogP contribution in [0.25, 0.3) is 10.8 Å². The van der Waals surface area contributed by atoms with Crippen LogP contribution in [0.4, 0.5) is 10.5 Å². The number of nitrogens with zero attached hydrogens (tertiary/aromatic N) is 1. The summed E-state index contributed by atoms with van der Waals surface area (Å²) >= 11 is 0. The molecule has 0 aromatic heterocycles. The number of anilines is 1. The minimum Gasteiger partial charge on any atom is -0.487 e. The molecule has 30 heavy (non-hydrogen) atoms. The van der Waals surface area contributed by atoms with Gasteiger partial charge in [-0.2, -0.15) is 0 Å². The molecule has 0 unspecified atom stereocenters. The third kappa shape index (κ3) is 3.61. The number of nitrogens with one attached hydrogen (secondary N) is 2. The van der Waals surface area contributed by atoms with E-state index >= 15 is 0 Å². The maximum atomic E-state index is 13.0. The van der Waals surface area contributed by atoms with Gasteiger partial charge in [-0.25, -0.2) is 4.79 Å². The van der Waals surface area contributed by atoms with Gasteiger partial charge in [0.2, 0.25) is 0 Å². The second-order valence-corrected chi connectivity index (χ2v) is 8.51. The van der Waals surface area contributed by atoms with Crippen molar-refractivity contribution in [3.63, 3.8) is 0 Å². The molecule has 2 aliphatic rings. The summed E-state index contributed by atoms with van der Waals surface area (Å²) in [6.07, 6.45) is 2.74. The van der Waals surface area contributed by atoms with E-state index in [1.54, 1.807) is 0 Å². The summed E-state index contributed by atoms with van der Waals surface area (Å²) < 4.78 is 6.50. The fourth-order valence-electron chi connectivity index (χ4n) is 4.73. The monoisotopic (exact) mass is 401 g/mol. The van der Waals surface area contributed by atoms with E-state index in [0.717, 1.165) is 60.1 Å². The number of para-hydroxylation sites is 1. The molecule has 0 bridgehead atoms. The van der Waals surface area contributed by atoms with Crippen LogP contribution in [0, 0.1) is 0 Å². The molecule has 1 spiro atoms. The number of piperidine rings is 1. The number of benzene rings is 3. The van der Waals surface area contributed by atoms with Gasteiger partial charge in [-0.15, -0.1) is 0 Å². The molecule has 2 aliphatic heterocycles. The highest BCUT2D eigenvalue weighted by atomic mass is 16.5. The Hall–Kier alpha value is -3.05. The Morgan fingerprint density at radius 1 is 1.00 bits per heavy atom. The van der Waals surface area contributed by atoms with Crippen LogP contribution in [-0.4, -0.2) is 36.7 Å². The van der Waals surface area contributed by atoms with Gasteiger partial charge in [-0.05, 0) is 37.4 Å². The van der Waals surface area contributed by atoms with Crippen LogP contribution in [-0.2, 0) is 0 Å². The highest BCUT2D eigenvalue weighted by molar-refractivity contribution is 6.01. The molecule has 2 N–H and O–H groups in total. The second kappa shape index (κ2) is 7.65. The van der Waals surface area contributed by atoms with E-state index in [4.69, 9.17) is 4.74 Å². The minimum atomic E-state index is -0.210. The Bertz CT molecular complexity index is 1070. The van der Waals surface area contributed by atoms with Crippen molar-refractivity contribution >= 4 is 22.5 Å². The first-order valence-electron chi connectivity index (χ1n) is 10.6. The number of hydrogen-bond donors (Lipinski definition) is 2. The molecular formula is C25H27N3O2. The zero-order valence-electron chi connectivity index (χ0n) is 17.2. The smallest absolute Gasteiger partial charge is 0.319 e. The summed E-state index contributed by atoms with van der Waals surface area (Å²) in [5.41, 5.74) is 1.66. The summed E-state index contributed by atoms with van der Waals surface area (Å²) in [5.74, 6) is 0.892. The SMILES string of the molecule is CN1CCC2(CC1)C[C@H](NC(=O)Nc1cccc3ccccc13)c1ccccc1O2. The summed E-state index contributed by atoms with van der Waals surface area (Å²) in [5, 5.41) is 8.43. The summed E-state index contributed by atoms with van der Waals surface area (Å²) in [7, 11) is 2.15. The van der Waals surface area contributed by atoms with Crippen LogP contribution < -0.4 is 15.4 Å². The lowest BCUT2D eigenvalue weighted by molar-refractivity contribution is -0.0188. The van der Waals surface area contributed by atoms with Crippen LogP contribution in [0.15, 0.2) is 66.7 Å². The van der Waals surface area contributed by atoms with Crippen LogP contribution >= 0.6 is 0 Å². The molecule has 1 fully saturated rings. The fourth-order valence-corrected chi connectivity index (χ4v) is 4.73. The molecule has 3 aromatic carbocycles. The fraction of sp³-hybridized carbons (Fsp3) is 0.320. The zero-order chi connectivity index (χ0) is 20.6. The standard InChI is InChI=1S/C25H27N3O2/c1-28-15-13-25(14-16-28)17-22(20-10-4-5-12-23(20)30-25)27-24(29)26-21-11-6-8-18-7-2-3-9-19(18)21/h2-12,22H,13-17H2,1H3,(H2,26,27,29)/t22-/m0/s1. The number of ether oxygens (including phenoxy) is 1. The molecule has 2 heterocycles. The van der Waals surface area contributed by atoms with Crippen molar-refractivity contribution < 1.29 is 9.53 Å². The minimum absolute atomic E-state index is 0.0756. The average Bonchev–Trinajstić information content (AvgIpc) is 2.76. The Labute approximate surface area is 177 Å². The van der Waals surface area contributed by atoms with E-state index in [0.29, 0.717) is 0 Å². The summed E-state index contributed by atoms with van der Waals surface area (Å²) in [4.78, 5) is 15.3. The number of urea groups is 1. The van der Waals surface area contributed by atoms with Crippen LogP contribution in [0.3, 0.4) is 0 Å². The number of carbonyl (C=O) groups is 1. The van der Waals surface area contributed by atoms with Crippen molar-refractivity contribution in [3.8, 4) is 5.75 Å². The van der Waals surface area contributed by atoms with Gasteiger partial charge < -0.3 is 20.3 Å². The Kier molecular flexibility index (Phi) is 4.83. The van der Waals surface area contributed by atoms with Crippen LogP contribution in [0.1, 0.15) is 30.9 Å². The number of hydrogen-bond acceptors (Lipinski definition) is 3. The molecule has 154 valence electrons. The molecule has 5 rings (SSSR count). The van der Waals surface area contributed by atoms with Gasteiger partial charge in [0.25, 0.3) is 0 Å². The molecule has 5 heteroatoms. The topological polar surface area (TPSA) is 53.6 Å². The first-order chi connectivity index (χ1) is 14.6. The first kappa shape index (κ1) is 18.9. The lowest BCUT2D eigenvalue weighted by Crippen LogP contribution is -2.51. The Balaban J connectivity index is 1.38. The second-order valence-electron chi connectivity index (χ2n) is 8.51. The van der Waals surface area contributed by atoms with Gasteiger partial charge in [-0.3, -0.25) is 0 Å². The van der Waals surface area contributed by atoms with Gasteiger partial charge in [0.1, 0.15) is 11.4 Å². The summed E-state index contributed by atoms with van der Waals surface area (Å²) in [6, 6.07) is 21.9. The molecule has 0 saturated carbocycles. The van der Waals surface area contributed by atoms with E-state index in [9.17, 15) is 4.79 Å². The molecule has 0 radical (unpaired) electrons. The molecule has 5 nitrogen and oxygen atoms in total. The number of carbonyl (C=O) groups excluding carboxylic acids is 1.